The maximum Gasteiger partial charge on any atom is 0.328 e. The van der Waals surface area contributed by atoms with Crippen LogP contribution in [-0.4, -0.2) is 39.5 Å². The third-order valence-corrected chi connectivity index (χ3v) is 5.24. The number of aliphatic imine (C=N–C) groups is 1. The third kappa shape index (κ3) is 5.64. The van der Waals surface area contributed by atoms with E-state index in [2.05, 4.69) is 15.3 Å². The number of anilines is 1. The number of halogens is 2. The molecule has 1 aliphatic carbocycles. The number of aliphatic carboxylic acids is 1. The lowest BCUT2D eigenvalue weighted by Crippen LogP contribution is -2.25. The summed E-state index contributed by atoms with van der Waals surface area (Å²) in [5.74, 6) is -1.42. The first-order valence-corrected chi connectivity index (χ1v) is 10.1. The van der Waals surface area contributed by atoms with Crippen LogP contribution in [-0.2, 0) is 16.0 Å². The molecule has 9 heteroatoms. The van der Waals surface area contributed by atoms with Gasteiger partial charge >= 0.3 is 5.97 Å². The Morgan fingerprint density at radius 1 is 1.13 bits per heavy atom. The van der Waals surface area contributed by atoms with Crippen molar-refractivity contribution in [1.82, 2.24) is 4.98 Å². The number of aromatic nitrogens is 1. The first kappa shape index (κ1) is 21.9. The highest BCUT2D eigenvalue weighted by molar-refractivity contribution is 6.40. The Bertz CT molecular complexity index is 986. The molecular formula is C21H19Cl2N3O4. The molecule has 1 aliphatic rings. The zero-order valence-corrected chi connectivity index (χ0v) is 17.4. The standard InChI is InChI=1S/C21H19Cl2N3O4/c22-16-10-24-11-17(23)19(16)20(28)26-13-6-4-12(5-7-13)8-18(21(29)30)25-14-2-1-3-15(27)9-14/h4-7,10-11,18H,1-3,8-9H2,(H,26,28)(H,29,30)/t18-/m0/s1. The Hall–Kier alpha value is -2.77. The van der Waals surface area contributed by atoms with E-state index < -0.39 is 17.9 Å². The van der Waals surface area contributed by atoms with E-state index in [4.69, 9.17) is 23.2 Å². The summed E-state index contributed by atoms with van der Waals surface area (Å²) >= 11 is 12.0. The maximum atomic E-state index is 12.4. The minimum Gasteiger partial charge on any atom is -0.480 e. The number of amides is 1. The number of nitrogens with zero attached hydrogens (tertiary/aromatic N) is 2. The quantitative estimate of drug-likeness (QED) is 0.688. The van der Waals surface area contributed by atoms with Gasteiger partial charge in [0.15, 0.2) is 6.04 Å². The highest BCUT2D eigenvalue weighted by Gasteiger charge is 2.21. The largest absolute Gasteiger partial charge is 0.480 e. The van der Waals surface area contributed by atoms with E-state index in [0.717, 1.165) is 5.56 Å². The van der Waals surface area contributed by atoms with Crippen molar-refractivity contribution in [3.05, 3.63) is 57.8 Å². The van der Waals surface area contributed by atoms with Gasteiger partial charge in [-0.2, -0.15) is 0 Å². The molecule has 1 saturated carbocycles. The lowest BCUT2D eigenvalue weighted by atomic mass is 9.96. The molecule has 1 amide bonds. The SMILES string of the molecule is O=C1CCCC(=N[C@@H](Cc2ccc(NC(=O)c3c(Cl)cncc3Cl)cc2)C(=O)O)C1. The average molecular weight is 448 g/mol. The number of hydrogen-bond donors (Lipinski definition) is 2. The third-order valence-electron chi connectivity index (χ3n) is 4.67. The second kappa shape index (κ2) is 9.82. The van der Waals surface area contributed by atoms with Crippen LogP contribution in [0.3, 0.4) is 0 Å². The fraction of sp³-hybridized carbons (Fsp3) is 0.286. The van der Waals surface area contributed by atoms with Gasteiger partial charge in [-0.15, -0.1) is 0 Å². The molecule has 2 N–H and O–H groups in total. The molecule has 7 nitrogen and oxygen atoms in total. The van der Waals surface area contributed by atoms with Gasteiger partial charge in [0.05, 0.1) is 15.6 Å². The molecule has 156 valence electrons. The molecule has 1 fully saturated rings. The van der Waals surface area contributed by atoms with E-state index in [1.54, 1.807) is 24.3 Å². The molecule has 0 saturated heterocycles. The number of pyridine rings is 1. The molecule has 30 heavy (non-hydrogen) atoms. The fourth-order valence-electron chi connectivity index (χ4n) is 3.18. The number of hydrogen-bond acceptors (Lipinski definition) is 5. The van der Waals surface area contributed by atoms with Crippen molar-refractivity contribution in [2.75, 3.05) is 5.32 Å². The van der Waals surface area contributed by atoms with Crippen LogP contribution >= 0.6 is 23.2 Å². The maximum absolute atomic E-state index is 12.4. The van der Waals surface area contributed by atoms with E-state index in [1.165, 1.54) is 12.4 Å². The molecule has 0 aliphatic heterocycles. The molecule has 0 spiro atoms. The second-order valence-electron chi connectivity index (χ2n) is 6.95. The Morgan fingerprint density at radius 3 is 2.40 bits per heavy atom. The van der Waals surface area contributed by atoms with E-state index >= 15 is 0 Å². The summed E-state index contributed by atoms with van der Waals surface area (Å²) in [6, 6.07) is 5.79. The highest BCUT2D eigenvalue weighted by Crippen LogP contribution is 2.24. The normalized spacial score (nSPS) is 16.3. The van der Waals surface area contributed by atoms with Gasteiger partial charge < -0.3 is 10.4 Å². The van der Waals surface area contributed by atoms with Crippen molar-refractivity contribution >= 4 is 52.3 Å². The number of carbonyl (C=O) groups is 3. The Kier molecular flexibility index (Phi) is 7.18. The lowest BCUT2D eigenvalue weighted by Gasteiger charge is -2.15. The molecule has 1 aromatic carbocycles. The summed E-state index contributed by atoms with van der Waals surface area (Å²) in [5, 5.41) is 12.5. The monoisotopic (exact) mass is 447 g/mol. The number of nitrogens with one attached hydrogen (secondary N) is 1. The van der Waals surface area contributed by atoms with Crippen LogP contribution in [0.15, 0.2) is 41.7 Å². The summed E-state index contributed by atoms with van der Waals surface area (Å²) in [7, 11) is 0. The molecule has 2 aromatic rings. The van der Waals surface area contributed by atoms with E-state index in [-0.39, 0.29) is 34.2 Å². The van der Waals surface area contributed by atoms with E-state index in [0.29, 0.717) is 30.7 Å². The van der Waals surface area contributed by atoms with Gasteiger partial charge in [-0.3, -0.25) is 19.6 Å². The van der Waals surface area contributed by atoms with Crippen LogP contribution in [0.4, 0.5) is 5.69 Å². The number of carboxylic acid groups (broad SMARTS) is 1. The van der Waals surface area contributed by atoms with Gasteiger partial charge in [0, 0.05) is 43.1 Å². The summed E-state index contributed by atoms with van der Waals surface area (Å²) in [5.41, 5.74) is 2.02. The molecule has 1 aromatic heterocycles. The molecule has 3 rings (SSSR count). The molecule has 0 unspecified atom stereocenters. The van der Waals surface area contributed by atoms with E-state index in [1.807, 2.05) is 0 Å². The Morgan fingerprint density at radius 2 is 1.80 bits per heavy atom. The van der Waals surface area contributed by atoms with Crippen LogP contribution in [0.5, 0.6) is 0 Å². The molecule has 0 radical (unpaired) electrons. The minimum absolute atomic E-state index is 0.0960. The predicted octanol–water partition coefficient (Wildman–Crippen LogP) is 4.22. The van der Waals surface area contributed by atoms with Gasteiger partial charge in [0.2, 0.25) is 0 Å². The van der Waals surface area contributed by atoms with Crippen molar-refractivity contribution in [3.8, 4) is 0 Å². The van der Waals surface area contributed by atoms with Crippen LogP contribution < -0.4 is 5.32 Å². The zero-order valence-electron chi connectivity index (χ0n) is 15.9. The molecule has 1 atom stereocenters. The zero-order chi connectivity index (χ0) is 21.7. The Balaban J connectivity index is 1.68. The topological polar surface area (TPSA) is 109 Å². The van der Waals surface area contributed by atoms with Crippen LogP contribution in [0, 0.1) is 0 Å². The lowest BCUT2D eigenvalue weighted by molar-refractivity contribution is -0.138. The van der Waals surface area contributed by atoms with Crippen LogP contribution in [0.2, 0.25) is 10.0 Å². The summed E-state index contributed by atoms with van der Waals surface area (Å²) in [6.45, 7) is 0. The molecule has 1 heterocycles. The number of ketones is 1. The minimum atomic E-state index is -1.04. The summed E-state index contributed by atoms with van der Waals surface area (Å²) in [6.07, 6.45) is 4.97. The molecular weight excluding hydrogens is 429 g/mol. The van der Waals surface area contributed by atoms with Crippen molar-refractivity contribution in [3.63, 3.8) is 0 Å². The molecule has 0 bridgehead atoms. The highest BCUT2D eigenvalue weighted by atomic mass is 35.5. The van der Waals surface area contributed by atoms with Gasteiger partial charge in [0.1, 0.15) is 5.78 Å². The second-order valence-corrected chi connectivity index (χ2v) is 7.77. The number of rotatable bonds is 6. The fourth-order valence-corrected chi connectivity index (χ4v) is 3.72. The average Bonchev–Trinajstić information content (AvgIpc) is 2.69. The smallest absolute Gasteiger partial charge is 0.328 e. The summed E-state index contributed by atoms with van der Waals surface area (Å²) < 4.78 is 0. The van der Waals surface area contributed by atoms with Gasteiger partial charge in [-0.05, 0) is 30.5 Å². The first-order valence-electron chi connectivity index (χ1n) is 9.33. The van der Waals surface area contributed by atoms with Gasteiger partial charge in [-0.25, -0.2) is 4.79 Å². The van der Waals surface area contributed by atoms with Crippen LogP contribution in [0.1, 0.15) is 41.6 Å². The van der Waals surface area contributed by atoms with Crippen molar-refractivity contribution in [2.45, 2.75) is 38.1 Å². The number of carboxylic acids is 1. The van der Waals surface area contributed by atoms with Crippen molar-refractivity contribution < 1.29 is 19.5 Å². The van der Waals surface area contributed by atoms with E-state index in [9.17, 15) is 19.5 Å². The van der Waals surface area contributed by atoms with Crippen LogP contribution in [0.25, 0.3) is 0 Å². The predicted molar refractivity (Wildman–Crippen MR) is 115 cm³/mol. The number of carbonyl (C=O) groups excluding carboxylic acids is 2. The number of Topliss-reactive ketones (excluding diaryl/α,β-unsaturated/α-hetero) is 1. The van der Waals surface area contributed by atoms with Gasteiger partial charge in [0.25, 0.3) is 5.91 Å². The van der Waals surface area contributed by atoms with Gasteiger partial charge in [-0.1, -0.05) is 35.3 Å². The summed E-state index contributed by atoms with van der Waals surface area (Å²) in [4.78, 5) is 43.7. The van der Waals surface area contributed by atoms with Crippen molar-refractivity contribution in [2.24, 2.45) is 4.99 Å². The first-order chi connectivity index (χ1) is 14.3. The van der Waals surface area contributed by atoms with Crippen molar-refractivity contribution in [1.29, 1.82) is 0 Å². The number of benzene rings is 1. The Labute approximate surface area is 183 Å².